The Balaban J connectivity index is 4.28. The molecule has 0 amide bonds. The number of hydrogen-bond donors (Lipinski definition) is 0. The van der Waals surface area contributed by atoms with Crippen molar-refractivity contribution in [3.63, 3.8) is 0 Å². The lowest BCUT2D eigenvalue weighted by atomic mass is 10.1. The number of carbonyl (C=O) groups excluding carboxylic acids is 2. The molecule has 0 fully saturated rings. The fourth-order valence-corrected chi connectivity index (χ4v) is 5.88. The first-order valence-corrected chi connectivity index (χ1v) is 23.4. The molecule has 0 spiro atoms. The van der Waals surface area contributed by atoms with Crippen molar-refractivity contribution >= 4 is 11.9 Å². The molecule has 0 aliphatic carbocycles. The van der Waals surface area contributed by atoms with Gasteiger partial charge in [0.05, 0.1) is 6.61 Å². The molecule has 0 aromatic heterocycles. The van der Waals surface area contributed by atoms with Gasteiger partial charge in [-0.05, 0) is 103 Å². The maximum absolute atomic E-state index is 12.6. The Bertz CT molecular complexity index is 1180. The number of rotatable bonds is 41. The fourth-order valence-electron chi connectivity index (χ4n) is 5.88. The first-order valence-electron chi connectivity index (χ1n) is 23.4. The number of allylic oxidation sites excluding steroid dienone is 18. The fraction of sp³-hybridized carbons (Fsp3) is 0.623. The Hall–Kier alpha value is -3.44. The molecule has 0 saturated carbocycles. The van der Waals surface area contributed by atoms with E-state index in [1.807, 2.05) is 0 Å². The third kappa shape index (κ3) is 45.3. The van der Waals surface area contributed by atoms with Crippen molar-refractivity contribution in [1.82, 2.24) is 0 Å². The average molecular weight is 803 g/mol. The van der Waals surface area contributed by atoms with Crippen LogP contribution >= 0.6 is 0 Å². The summed E-state index contributed by atoms with van der Waals surface area (Å²) in [6.45, 7) is 7.44. The minimum Gasteiger partial charge on any atom is -0.462 e. The van der Waals surface area contributed by atoms with Gasteiger partial charge in [-0.15, -0.1) is 0 Å². The van der Waals surface area contributed by atoms with Crippen molar-refractivity contribution in [2.45, 2.75) is 194 Å². The van der Waals surface area contributed by atoms with Crippen LogP contribution in [0, 0.1) is 0 Å². The maximum atomic E-state index is 12.6. The van der Waals surface area contributed by atoms with E-state index in [1.165, 1.54) is 32.1 Å². The topological polar surface area (TPSA) is 61.8 Å². The largest absolute Gasteiger partial charge is 0.462 e. The highest BCUT2D eigenvalue weighted by Crippen LogP contribution is 2.11. The predicted molar refractivity (Wildman–Crippen MR) is 251 cm³/mol. The summed E-state index contributed by atoms with van der Waals surface area (Å²) in [4.78, 5) is 25.1. The molecule has 5 nitrogen and oxygen atoms in total. The minimum absolute atomic E-state index is 0.0473. The molecule has 328 valence electrons. The predicted octanol–water partition coefficient (Wildman–Crippen LogP) is 15.7. The van der Waals surface area contributed by atoms with E-state index in [4.69, 9.17) is 14.2 Å². The van der Waals surface area contributed by atoms with Crippen molar-refractivity contribution in [3.8, 4) is 0 Å². The maximum Gasteiger partial charge on any atom is 0.306 e. The second-order valence-electron chi connectivity index (χ2n) is 14.9. The van der Waals surface area contributed by atoms with Crippen LogP contribution in [-0.4, -0.2) is 37.9 Å². The molecule has 0 aliphatic rings. The second-order valence-corrected chi connectivity index (χ2v) is 14.9. The Labute approximate surface area is 357 Å². The van der Waals surface area contributed by atoms with Gasteiger partial charge in [0.15, 0.2) is 6.10 Å². The van der Waals surface area contributed by atoms with Crippen LogP contribution in [0.25, 0.3) is 0 Å². The standard InChI is InChI=1S/C53H86O5/c1-4-7-10-13-16-18-20-22-24-25-26-27-28-30-32-34-36-39-42-45-48-56-49-51(58-53(55)47-44-41-37-15-12-9-6-3)50-57-52(54)46-43-40-38-35-33-31-29-23-21-19-17-14-11-8-5-2/h7-8,10-11,16-19,22-24,26-27,29-30,32-33,35,51H,4-6,9,12-15,20-21,25,28,31,34,36-50H2,1-3H3/b10-7-,11-8-,18-16-,19-17-,24-22-,27-26-,29-23-,32-30-,35-33-. The van der Waals surface area contributed by atoms with Gasteiger partial charge in [-0.25, -0.2) is 0 Å². The van der Waals surface area contributed by atoms with Gasteiger partial charge in [0.25, 0.3) is 0 Å². The number of esters is 2. The third-order valence-electron chi connectivity index (χ3n) is 9.30. The van der Waals surface area contributed by atoms with E-state index < -0.39 is 6.10 Å². The van der Waals surface area contributed by atoms with Crippen LogP contribution in [-0.2, 0) is 23.8 Å². The van der Waals surface area contributed by atoms with E-state index in [0.717, 1.165) is 122 Å². The lowest BCUT2D eigenvalue weighted by molar-refractivity contribution is -0.163. The lowest BCUT2D eigenvalue weighted by Crippen LogP contribution is -2.30. The Kier molecular flexibility index (Phi) is 45.1. The molecule has 0 saturated heterocycles. The monoisotopic (exact) mass is 803 g/mol. The Morgan fingerprint density at radius 3 is 1.28 bits per heavy atom. The molecule has 5 heteroatoms. The third-order valence-corrected chi connectivity index (χ3v) is 9.30. The normalized spacial score (nSPS) is 13.2. The summed E-state index contributed by atoms with van der Waals surface area (Å²) in [5.41, 5.74) is 0. The van der Waals surface area contributed by atoms with Gasteiger partial charge in [0.1, 0.15) is 6.61 Å². The molecule has 58 heavy (non-hydrogen) atoms. The molecule has 1 atom stereocenters. The van der Waals surface area contributed by atoms with Gasteiger partial charge < -0.3 is 14.2 Å². The van der Waals surface area contributed by atoms with Crippen LogP contribution in [0.3, 0.4) is 0 Å². The Morgan fingerprint density at radius 1 is 0.397 bits per heavy atom. The van der Waals surface area contributed by atoms with Crippen LogP contribution in [0.15, 0.2) is 109 Å². The molecular formula is C53H86O5. The molecule has 0 aromatic carbocycles. The van der Waals surface area contributed by atoms with Crippen LogP contribution in [0.5, 0.6) is 0 Å². The molecule has 0 radical (unpaired) electrons. The average Bonchev–Trinajstić information content (AvgIpc) is 3.22. The smallest absolute Gasteiger partial charge is 0.306 e. The number of hydrogen-bond acceptors (Lipinski definition) is 5. The molecule has 1 unspecified atom stereocenters. The summed E-state index contributed by atoms with van der Waals surface area (Å²) in [7, 11) is 0. The van der Waals surface area contributed by atoms with Gasteiger partial charge in [-0.1, -0.05) is 182 Å². The van der Waals surface area contributed by atoms with Gasteiger partial charge in [-0.2, -0.15) is 0 Å². The van der Waals surface area contributed by atoms with E-state index in [0.29, 0.717) is 19.4 Å². The summed E-state index contributed by atoms with van der Waals surface area (Å²) in [5.74, 6) is -0.475. The molecule has 0 aliphatic heterocycles. The zero-order chi connectivity index (χ0) is 42.1. The van der Waals surface area contributed by atoms with E-state index >= 15 is 0 Å². The van der Waals surface area contributed by atoms with Crippen molar-refractivity contribution in [1.29, 1.82) is 0 Å². The number of carbonyl (C=O) groups is 2. The van der Waals surface area contributed by atoms with E-state index in [1.54, 1.807) is 0 Å². The number of ether oxygens (including phenoxy) is 3. The first kappa shape index (κ1) is 54.6. The van der Waals surface area contributed by atoms with Gasteiger partial charge >= 0.3 is 11.9 Å². The van der Waals surface area contributed by atoms with Crippen molar-refractivity contribution < 1.29 is 23.8 Å². The summed E-state index contributed by atoms with van der Waals surface area (Å²) < 4.78 is 17.2. The van der Waals surface area contributed by atoms with Crippen molar-refractivity contribution in [3.05, 3.63) is 109 Å². The lowest BCUT2D eigenvalue weighted by Gasteiger charge is -2.18. The molecular weight excluding hydrogens is 717 g/mol. The summed E-state index contributed by atoms with van der Waals surface area (Å²) in [6.07, 6.45) is 65.3. The molecule has 0 aromatic rings. The van der Waals surface area contributed by atoms with Crippen LogP contribution in [0.2, 0.25) is 0 Å². The summed E-state index contributed by atoms with van der Waals surface area (Å²) in [5, 5.41) is 0. The van der Waals surface area contributed by atoms with Gasteiger partial charge in [0, 0.05) is 19.4 Å². The van der Waals surface area contributed by atoms with Crippen LogP contribution < -0.4 is 0 Å². The molecule has 0 bridgehead atoms. The van der Waals surface area contributed by atoms with E-state index in [-0.39, 0.29) is 25.2 Å². The highest BCUT2D eigenvalue weighted by molar-refractivity contribution is 5.70. The SMILES string of the molecule is CC/C=C\C/C=C\C/C=C\C/C=C\C/C=C\CCCCCCOCC(COC(=O)CCCC/C=C\C/C=C\C/C=C\C/C=C\CC)OC(=O)CCCCCCCCC. The van der Waals surface area contributed by atoms with Crippen LogP contribution in [0.4, 0.5) is 0 Å². The van der Waals surface area contributed by atoms with Crippen molar-refractivity contribution in [2.24, 2.45) is 0 Å². The highest BCUT2D eigenvalue weighted by Gasteiger charge is 2.17. The van der Waals surface area contributed by atoms with E-state index in [2.05, 4.69) is 130 Å². The quantitative estimate of drug-likeness (QED) is 0.0350. The first-order chi connectivity index (χ1) is 28.6. The summed E-state index contributed by atoms with van der Waals surface area (Å²) in [6, 6.07) is 0. The van der Waals surface area contributed by atoms with Crippen LogP contribution in [0.1, 0.15) is 188 Å². The minimum atomic E-state index is -0.569. The van der Waals surface area contributed by atoms with Gasteiger partial charge in [0.2, 0.25) is 0 Å². The summed E-state index contributed by atoms with van der Waals surface area (Å²) >= 11 is 0. The molecule has 0 heterocycles. The van der Waals surface area contributed by atoms with Crippen molar-refractivity contribution in [2.75, 3.05) is 19.8 Å². The number of unbranched alkanes of at least 4 members (excludes halogenated alkanes) is 12. The highest BCUT2D eigenvalue weighted by atomic mass is 16.6. The zero-order valence-electron chi connectivity index (χ0n) is 37.5. The van der Waals surface area contributed by atoms with E-state index in [9.17, 15) is 9.59 Å². The van der Waals surface area contributed by atoms with Gasteiger partial charge in [-0.3, -0.25) is 9.59 Å². The Morgan fingerprint density at radius 2 is 0.776 bits per heavy atom. The molecule has 0 N–H and O–H groups in total. The molecule has 0 rings (SSSR count). The second kappa shape index (κ2) is 47.9. The zero-order valence-corrected chi connectivity index (χ0v) is 37.5.